The molecule has 1 aromatic heterocycles. The molecule has 106 valence electrons. The summed E-state index contributed by atoms with van der Waals surface area (Å²) in [7, 11) is 0. The number of furan rings is 1. The monoisotopic (exact) mass is 275 g/mol. The van der Waals surface area contributed by atoms with Gasteiger partial charge in [0.25, 0.3) is 0 Å². The van der Waals surface area contributed by atoms with Crippen molar-refractivity contribution in [1.82, 2.24) is 0 Å². The van der Waals surface area contributed by atoms with Gasteiger partial charge < -0.3 is 9.15 Å². The molecule has 0 saturated heterocycles. The van der Waals surface area contributed by atoms with E-state index in [1.165, 1.54) is 11.6 Å². The average Bonchev–Trinajstić information content (AvgIpc) is 2.86. The van der Waals surface area contributed by atoms with Crippen LogP contribution in [0.15, 0.2) is 34.7 Å². The molecule has 0 amide bonds. The number of aryl methyl sites for hydroxylation is 1. The minimum atomic E-state index is -0.561. The van der Waals surface area contributed by atoms with Gasteiger partial charge in [0, 0.05) is 0 Å². The first-order chi connectivity index (χ1) is 9.47. The highest BCUT2D eigenvalue weighted by Gasteiger charge is 2.12. The van der Waals surface area contributed by atoms with E-state index in [-0.39, 0.29) is 12.5 Å². The summed E-state index contributed by atoms with van der Waals surface area (Å²) in [5.41, 5.74) is 2.21. The fourth-order valence-electron chi connectivity index (χ4n) is 1.82. The van der Waals surface area contributed by atoms with Crippen LogP contribution in [-0.2, 0) is 6.61 Å². The number of hydrogen-bond acceptors (Lipinski definition) is 4. The molecule has 1 heterocycles. The second kappa shape index (κ2) is 5.77. The van der Waals surface area contributed by atoms with E-state index in [0.29, 0.717) is 11.7 Å². The number of ether oxygens (including phenoxy) is 1. The number of nitro groups is 1. The summed E-state index contributed by atoms with van der Waals surface area (Å²) >= 11 is 0. The summed E-state index contributed by atoms with van der Waals surface area (Å²) in [6.45, 7) is 6.37. The molecule has 2 rings (SSSR count). The predicted molar refractivity (Wildman–Crippen MR) is 75.0 cm³/mol. The molecule has 5 nitrogen and oxygen atoms in total. The van der Waals surface area contributed by atoms with E-state index in [0.717, 1.165) is 11.3 Å². The Balaban J connectivity index is 2.09. The second-order valence-corrected chi connectivity index (χ2v) is 4.97. The van der Waals surface area contributed by atoms with Crippen LogP contribution >= 0.6 is 0 Å². The van der Waals surface area contributed by atoms with Crippen LogP contribution in [0, 0.1) is 17.0 Å². The maximum Gasteiger partial charge on any atom is 0.433 e. The van der Waals surface area contributed by atoms with Gasteiger partial charge in [-0.3, -0.25) is 10.1 Å². The predicted octanol–water partition coefficient (Wildman–Crippen LogP) is 4.20. The zero-order valence-electron chi connectivity index (χ0n) is 11.8. The van der Waals surface area contributed by atoms with Crippen molar-refractivity contribution >= 4 is 5.88 Å². The van der Waals surface area contributed by atoms with Gasteiger partial charge in [0.15, 0.2) is 0 Å². The van der Waals surface area contributed by atoms with Gasteiger partial charge in [0.2, 0.25) is 0 Å². The molecule has 1 aromatic carbocycles. The van der Waals surface area contributed by atoms with E-state index in [1.54, 1.807) is 6.07 Å². The SMILES string of the molecule is Cc1ccc(C(C)C)cc1OCc1ccc([N+](=O)[O-])o1. The van der Waals surface area contributed by atoms with E-state index in [9.17, 15) is 10.1 Å². The first-order valence-corrected chi connectivity index (χ1v) is 6.44. The Kier molecular flexibility index (Phi) is 4.08. The highest BCUT2D eigenvalue weighted by Crippen LogP contribution is 2.25. The maximum atomic E-state index is 10.5. The number of rotatable bonds is 5. The van der Waals surface area contributed by atoms with Crippen LogP contribution < -0.4 is 4.74 Å². The minimum Gasteiger partial charge on any atom is -0.485 e. The summed E-state index contributed by atoms with van der Waals surface area (Å²) in [6, 6.07) is 8.97. The van der Waals surface area contributed by atoms with Crippen molar-refractivity contribution in [3.05, 3.63) is 57.3 Å². The quantitative estimate of drug-likeness (QED) is 0.606. The molecule has 0 spiro atoms. The van der Waals surface area contributed by atoms with Crippen molar-refractivity contribution in [3.63, 3.8) is 0 Å². The van der Waals surface area contributed by atoms with E-state index in [4.69, 9.17) is 9.15 Å². The van der Waals surface area contributed by atoms with Gasteiger partial charge in [-0.1, -0.05) is 26.0 Å². The fourth-order valence-corrected chi connectivity index (χ4v) is 1.82. The van der Waals surface area contributed by atoms with Gasteiger partial charge in [-0.15, -0.1) is 0 Å². The third-order valence-electron chi connectivity index (χ3n) is 3.08. The van der Waals surface area contributed by atoms with Gasteiger partial charge in [-0.05, 0) is 36.1 Å². The molecule has 0 saturated carbocycles. The molecule has 0 atom stereocenters. The highest BCUT2D eigenvalue weighted by atomic mass is 16.6. The molecule has 0 fully saturated rings. The smallest absolute Gasteiger partial charge is 0.433 e. The molecule has 0 unspecified atom stereocenters. The zero-order valence-corrected chi connectivity index (χ0v) is 11.8. The van der Waals surface area contributed by atoms with Crippen molar-refractivity contribution in [3.8, 4) is 5.75 Å². The van der Waals surface area contributed by atoms with Crippen LogP contribution in [0.3, 0.4) is 0 Å². The van der Waals surface area contributed by atoms with Crippen LogP contribution in [0.2, 0.25) is 0 Å². The molecule has 0 aliphatic heterocycles. The van der Waals surface area contributed by atoms with Gasteiger partial charge >= 0.3 is 5.88 Å². The first-order valence-electron chi connectivity index (χ1n) is 6.44. The summed E-state index contributed by atoms with van der Waals surface area (Å²) in [5, 5.41) is 10.5. The molecule has 20 heavy (non-hydrogen) atoms. The van der Waals surface area contributed by atoms with Crippen LogP contribution in [0.4, 0.5) is 5.88 Å². The molecule has 0 aliphatic carbocycles. The Morgan fingerprint density at radius 3 is 2.65 bits per heavy atom. The summed E-state index contributed by atoms with van der Waals surface area (Å²) < 4.78 is 10.8. The van der Waals surface area contributed by atoms with E-state index >= 15 is 0 Å². The van der Waals surface area contributed by atoms with Crippen molar-refractivity contribution in [2.24, 2.45) is 0 Å². The maximum absolute atomic E-state index is 10.5. The lowest BCUT2D eigenvalue weighted by Crippen LogP contribution is -1.97. The number of nitrogens with zero attached hydrogens (tertiary/aromatic N) is 1. The molecule has 2 aromatic rings. The summed E-state index contributed by atoms with van der Waals surface area (Å²) in [5.74, 6) is 1.36. The lowest BCUT2D eigenvalue weighted by Gasteiger charge is -2.11. The van der Waals surface area contributed by atoms with Gasteiger partial charge in [0.1, 0.15) is 23.0 Å². The van der Waals surface area contributed by atoms with Crippen molar-refractivity contribution in [1.29, 1.82) is 0 Å². The van der Waals surface area contributed by atoms with Gasteiger partial charge in [0.05, 0.1) is 6.07 Å². The second-order valence-electron chi connectivity index (χ2n) is 4.97. The van der Waals surface area contributed by atoms with E-state index < -0.39 is 4.92 Å². The van der Waals surface area contributed by atoms with Crippen LogP contribution in [0.25, 0.3) is 0 Å². The van der Waals surface area contributed by atoms with Crippen molar-refractivity contribution in [2.45, 2.75) is 33.3 Å². The van der Waals surface area contributed by atoms with Crippen LogP contribution in [0.1, 0.15) is 36.7 Å². The van der Waals surface area contributed by atoms with Crippen LogP contribution in [-0.4, -0.2) is 4.92 Å². The molecule has 5 heteroatoms. The summed E-state index contributed by atoms with van der Waals surface area (Å²) in [6.07, 6.45) is 0. The fraction of sp³-hybridized carbons (Fsp3) is 0.333. The Bertz CT molecular complexity index is 616. The lowest BCUT2D eigenvalue weighted by atomic mass is 10.0. The molecule has 0 aliphatic rings. The first kappa shape index (κ1) is 14.1. The largest absolute Gasteiger partial charge is 0.485 e. The van der Waals surface area contributed by atoms with Crippen LogP contribution in [0.5, 0.6) is 5.75 Å². The van der Waals surface area contributed by atoms with Gasteiger partial charge in [-0.2, -0.15) is 0 Å². The highest BCUT2D eigenvalue weighted by molar-refractivity contribution is 5.37. The Morgan fingerprint density at radius 2 is 2.05 bits per heavy atom. The standard InChI is InChI=1S/C15H17NO4/c1-10(2)12-5-4-11(3)14(8-12)19-9-13-6-7-15(20-13)16(17)18/h4-8,10H,9H2,1-3H3. The molecular weight excluding hydrogens is 258 g/mol. The average molecular weight is 275 g/mol. The Hall–Kier alpha value is -2.30. The summed E-state index contributed by atoms with van der Waals surface area (Å²) in [4.78, 5) is 9.97. The zero-order chi connectivity index (χ0) is 14.7. The van der Waals surface area contributed by atoms with Crippen molar-refractivity contribution in [2.75, 3.05) is 0 Å². The Labute approximate surface area is 117 Å². The third-order valence-corrected chi connectivity index (χ3v) is 3.08. The molecule has 0 N–H and O–H groups in total. The Morgan fingerprint density at radius 1 is 1.30 bits per heavy atom. The minimum absolute atomic E-state index is 0.177. The molecule has 0 bridgehead atoms. The lowest BCUT2D eigenvalue weighted by molar-refractivity contribution is -0.402. The number of hydrogen-bond donors (Lipinski definition) is 0. The van der Waals surface area contributed by atoms with E-state index in [1.807, 2.05) is 19.1 Å². The topological polar surface area (TPSA) is 65.5 Å². The number of benzene rings is 1. The van der Waals surface area contributed by atoms with Gasteiger partial charge in [-0.25, -0.2) is 0 Å². The van der Waals surface area contributed by atoms with Crippen molar-refractivity contribution < 1.29 is 14.1 Å². The normalized spacial score (nSPS) is 10.8. The molecular formula is C15H17NO4. The molecule has 0 radical (unpaired) electrons. The van der Waals surface area contributed by atoms with E-state index in [2.05, 4.69) is 19.9 Å². The third kappa shape index (κ3) is 3.17.